The molecule has 0 bridgehead atoms. The van der Waals surface area contributed by atoms with Gasteiger partial charge in [-0.2, -0.15) is 0 Å². The lowest BCUT2D eigenvalue weighted by atomic mass is 9.80. The summed E-state index contributed by atoms with van der Waals surface area (Å²) < 4.78 is 5.69. The first-order valence-corrected chi connectivity index (χ1v) is 8.16. The lowest BCUT2D eigenvalue weighted by Crippen LogP contribution is -2.47. The van der Waals surface area contributed by atoms with Crippen molar-refractivity contribution in [3.05, 3.63) is 29.8 Å². The van der Waals surface area contributed by atoms with Crippen LogP contribution >= 0.6 is 0 Å². The molecule has 1 amide bonds. The van der Waals surface area contributed by atoms with Crippen LogP contribution in [0.4, 0.5) is 0 Å². The number of amides is 1. The van der Waals surface area contributed by atoms with E-state index in [1.807, 2.05) is 12.1 Å². The molecule has 1 aromatic rings. The Labute approximate surface area is 132 Å². The van der Waals surface area contributed by atoms with Gasteiger partial charge in [0.15, 0.2) is 6.10 Å². The molecule has 0 heterocycles. The first-order chi connectivity index (χ1) is 10.5. The van der Waals surface area contributed by atoms with Crippen LogP contribution in [0.5, 0.6) is 5.75 Å². The van der Waals surface area contributed by atoms with Gasteiger partial charge in [0.05, 0.1) is 6.61 Å². The molecule has 4 atom stereocenters. The van der Waals surface area contributed by atoms with Gasteiger partial charge < -0.3 is 15.2 Å². The van der Waals surface area contributed by atoms with Gasteiger partial charge in [0.2, 0.25) is 0 Å². The van der Waals surface area contributed by atoms with Gasteiger partial charge >= 0.3 is 0 Å². The van der Waals surface area contributed by atoms with Crippen molar-refractivity contribution in [3.63, 3.8) is 0 Å². The number of carbonyl (C=O) groups is 1. The molecule has 0 radical (unpaired) electrons. The molecule has 2 N–H and O–H groups in total. The maximum absolute atomic E-state index is 12.3. The molecule has 0 aromatic heterocycles. The maximum atomic E-state index is 12.3. The smallest absolute Gasteiger partial charge is 0.261 e. The molecule has 2 rings (SSSR count). The molecule has 22 heavy (non-hydrogen) atoms. The summed E-state index contributed by atoms with van der Waals surface area (Å²) in [7, 11) is 0. The van der Waals surface area contributed by atoms with E-state index < -0.39 is 6.10 Å². The van der Waals surface area contributed by atoms with E-state index in [1.165, 1.54) is 12.8 Å². The van der Waals surface area contributed by atoms with Gasteiger partial charge in [-0.3, -0.25) is 4.79 Å². The zero-order valence-corrected chi connectivity index (χ0v) is 13.7. The van der Waals surface area contributed by atoms with E-state index in [4.69, 9.17) is 9.84 Å². The molecule has 4 unspecified atom stereocenters. The van der Waals surface area contributed by atoms with Crippen LogP contribution in [0.2, 0.25) is 0 Å². The van der Waals surface area contributed by atoms with Gasteiger partial charge in [-0.15, -0.1) is 0 Å². The molecular weight excluding hydrogens is 278 g/mol. The van der Waals surface area contributed by atoms with Crippen LogP contribution in [0.1, 0.15) is 45.6 Å². The van der Waals surface area contributed by atoms with Crippen LogP contribution in [-0.4, -0.2) is 23.2 Å². The first kappa shape index (κ1) is 16.8. The van der Waals surface area contributed by atoms with Crippen molar-refractivity contribution in [3.8, 4) is 5.75 Å². The summed E-state index contributed by atoms with van der Waals surface area (Å²) in [5, 5.41) is 12.3. The van der Waals surface area contributed by atoms with Gasteiger partial charge in [-0.1, -0.05) is 26.0 Å². The van der Waals surface area contributed by atoms with Crippen molar-refractivity contribution in [1.82, 2.24) is 5.32 Å². The van der Waals surface area contributed by atoms with E-state index in [0.29, 0.717) is 11.7 Å². The van der Waals surface area contributed by atoms with Gasteiger partial charge in [0.25, 0.3) is 5.91 Å². The molecule has 4 heteroatoms. The van der Waals surface area contributed by atoms with Crippen molar-refractivity contribution in [1.29, 1.82) is 0 Å². The summed E-state index contributed by atoms with van der Waals surface area (Å²) in [6.07, 6.45) is 2.84. The second kappa shape index (κ2) is 7.63. The number of ether oxygens (including phenoxy) is 1. The predicted octanol–water partition coefficient (Wildman–Crippen LogP) is 2.89. The number of rotatable bonds is 5. The van der Waals surface area contributed by atoms with Crippen molar-refractivity contribution < 1.29 is 14.6 Å². The average molecular weight is 305 g/mol. The Morgan fingerprint density at radius 2 is 2.18 bits per heavy atom. The topological polar surface area (TPSA) is 58.6 Å². The minimum Gasteiger partial charge on any atom is -0.481 e. The standard InChI is InChI=1S/C18H27NO3/c1-12-7-8-17(13(2)9-12)19-18(21)14(3)22-16-6-4-5-15(10-16)11-20/h4-6,10,12-14,17,20H,7-9,11H2,1-3H3,(H,19,21). The third-order valence-corrected chi connectivity index (χ3v) is 4.52. The normalized spacial score (nSPS) is 26.3. The number of nitrogens with one attached hydrogen (secondary N) is 1. The predicted molar refractivity (Wildman–Crippen MR) is 86.6 cm³/mol. The number of aliphatic hydroxyl groups is 1. The third-order valence-electron chi connectivity index (χ3n) is 4.52. The molecule has 0 aliphatic heterocycles. The molecule has 0 saturated heterocycles. The Morgan fingerprint density at radius 1 is 1.41 bits per heavy atom. The summed E-state index contributed by atoms with van der Waals surface area (Å²) in [4.78, 5) is 12.3. The van der Waals surface area contributed by atoms with Gasteiger partial charge in [0, 0.05) is 6.04 Å². The third kappa shape index (κ3) is 4.47. The van der Waals surface area contributed by atoms with Crippen LogP contribution in [-0.2, 0) is 11.4 Å². The Morgan fingerprint density at radius 3 is 2.86 bits per heavy atom. The van der Waals surface area contributed by atoms with Crippen LogP contribution in [0.3, 0.4) is 0 Å². The van der Waals surface area contributed by atoms with Gasteiger partial charge in [-0.05, 0) is 55.7 Å². The fourth-order valence-electron chi connectivity index (χ4n) is 3.15. The fraction of sp³-hybridized carbons (Fsp3) is 0.611. The van der Waals surface area contributed by atoms with Crippen LogP contribution in [0.25, 0.3) is 0 Å². The SMILES string of the molecule is CC1CCC(NC(=O)C(C)Oc2cccc(CO)c2)C(C)C1. The van der Waals surface area contributed by atoms with E-state index in [1.54, 1.807) is 19.1 Å². The van der Waals surface area contributed by atoms with E-state index in [9.17, 15) is 4.79 Å². The summed E-state index contributed by atoms with van der Waals surface area (Å²) in [5.74, 6) is 1.80. The second-order valence-electron chi connectivity index (χ2n) is 6.58. The molecule has 1 aromatic carbocycles. The maximum Gasteiger partial charge on any atom is 0.261 e. The number of benzene rings is 1. The quantitative estimate of drug-likeness (QED) is 0.879. The zero-order chi connectivity index (χ0) is 16.1. The lowest BCUT2D eigenvalue weighted by molar-refractivity contribution is -0.128. The molecular formula is C18H27NO3. The highest BCUT2D eigenvalue weighted by Gasteiger charge is 2.28. The average Bonchev–Trinajstić information content (AvgIpc) is 2.50. The fourth-order valence-corrected chi connectivity index (χ4v) is 3.15. The highest BCUT2D eigenvalue weighted by molar-refractivity contribution is 5.81. The minimum atomic E-state index is -0.541. The van der Waals surface area contributed by atoms with Gasteiger partial charge in [0.1, 0.15) is 5.75 Å². The molecule has 4 nitrogen and oxygen atoms in total. The Kier molecular flexibility index (Phi) is 5.83. The first-order valence-electron chi connectivity index (χ1n) is 8.16. The summed E-state index contributed by atoms with van der Waals surface area (Å²) in [6.45, 7) is 6.21. The monoisotopic (exact) mass is 305 g/mol. The molecule has 1 saturated carbocycles. The molecule has 1 aliphatic rings. The molecule has 1 fully saturated rings. The van der Waals surface area contributed by atoms with E-state index in [0.717, 1.165) is 17.9 Å². The zero-order valence-electron chi connectivity index (χ0n) is 13.7. The largest absolute Gasteiger partial charge is 0.481 e. The van der Waals surface area contributed by atoms with E-state index >= 15 is 0 Å². The van der Waals surface area contributed by atoms with E-state index in [2.05, 4.69) is 19.2 Å². The van der Waals surface area contributed by atoms with Crippen LogP contribution in [0.15, 0.2) is 24.3 Å². The number of carbonyl (C=O) groups excluding carboxylic acids is 1. The van der Waals surface area contributed by atoms with Crippen molar-refractivity contribution in [2.45, 2.75) is 58.8 Å². The molecule has 122 valence electrons. The lowest BCUT2D eigenvalue weighted by Gasteiger charge is -2.33. The summed E-state index contributed by atoms with van der Waals surface area (Å²) in [5.41, 5.74) is 0.778. The summed E-state index contributed by atoms with van der Waals surface area (Å²) in [6, 6.07) is 7.44. The highest BCUT2D eigenvalue weighted by atomic mass is 16.5. The Bertz CT molecular complexity index is 503. The van der Waals surface area contributed by atoms with E-state index in [-0.39, 0.29) is 18.6 Å². The van der Waals surface area contributed by atoms with Crippen molar-refractivity contribution >= 4 is 5.91 Å². The summed E-state index contributed by atoms with van der Waals surface area (Å²) >= 11 is 0. The number of hydrogen-bond acceptors (Lipinski definition) is 3. The molecule has 0 spiro atoms. The van der Waals surface area contributed by atoms with Crippen molar-refractivity contribution in [2.24, 2.45) is 11.8 Å². The number of hydrogen-bond donors (Lipinski definition) is 2. The number of aliphatic hydroxyl groups excluding tert-OH is 1. The van der Waals surface area contributed by atoms with Crippen LogP contribution < -0.4 is 10.1 Å². The molecule has 1 aliphatic carbocycles. The van der Waals surface area contributed by atoms with Gasteiger partial charge in [-0.25, -0.2) is 0 Å². The van der Waals surface area contributed by atoms with Crippen LogP contribution in [0, 0.1) is 11.8 Å². The highest BCUT2D eigenvalue weighted by Crippen LogP contribution is 2.28. The Balaban J connectivity index is 1.89. The Hall–Kier alpha value is -1.55. The van der Waals surface area contributed by atoms with Crippen molar-refractivity contribution in [2.75, 3.05) is 0 Å². The minimum absolute atomic E-state index is 0.0322. The second-order valence-corrected chi connectivity index (χ2v) is 6.58.